The molecule has 0 aliphatic heterocycles. The van der Waals surface area contributed by atoms with E-state index in [9.17, 15) is 9.59 Å². The molecule has 0 saturated heterocycles. The molecule has 1 saturated carbocycles. The van der Waals surface area contributed by atoms with Crippen LogP contribution in [-0.2, 0) is 9.59 Å². The molecule has 0 bridgehead atoms. The number of amides is 2. The summed E-state index contributed by atoms with van der Waals surface area (Å²) in [6.45, 7) is 6.42. The van der Waals surface area contributed by atoms with Crippen molar-refractivity contribution >= 4 is 11.8 Å². The van der Waals surface area contributed by atoms with E-state index < -0.39 is 6.04 Å². The summed E-state index contributed by atoms with van der Waals surface area (Å²) >= 11 is 0. The normalized spacial score (nSPS) is 16.7. The third-order valence-electron chi connectivity index (χ3n) is 6.51. The summed E-state index contributed by atoms with van der Waals surface area (Å²) in [6.07, 6.45) is 5.45. The highest BCUT2D eigenvalue weighted by Gasteiger charge is 2.33. The first-order chi connectivity index (χ1) is 16.4. The van der Waals surface area contributed by atoms with Gasteiger partial charge >= 0.3 is 0 Å². The lowest BCUT2D eigenvalue weighted by Crippen LogP contribution is -2.46. The average molecular weight is 466 g/mol. The summed E-state index contributed by atoms with van der Waals surface area (Å²) in [5.74, 6) is 0.510. The van der Waals surface area contributed by atoms with Gasteiger partial charge in [-0.25, -0.2) is 0 Å². The molecule has 1 aliphatic rings. The van der Waals surface area contributed by atoms with Crippen LogP contribution in [0.4, 0.5) is 0 Å². The zero-order valence-corrected chi connectivity index (χ0v) is 20.6. The van der Waals surface area contributed by atoms with Crippen LogP contribution in [0, 0.1) is 5.92 Å². The van der Waals surface area contributed by atoms with Crippen LogP contribution in [0.1, 0.15) is 76.0 Å². The van der Waals surface area contributed by atoms with Gasteiger partial charge in [-0.15, -0.1) is 0 Å². The highest BCUT2D eigenvalue weighted by atomic mass is 16.5. The van der Waals surface area contributed by atoms with Crippen molar-refractivity contribution in [1.82, 2.24) is 10.6 Å². The van der Waals surface area contributed by atoms with Gasteiger partial charge in [0.25, 0.3) is 0 Å². The van der Waals surface area contributed by atoms with E-state index in [4.69, 9.17) is 10.5 Å². The summed E-state index contributed by atoms with van der Waals surface area (Å²) in [7, 11) is 0. The number of ether oxygens (including phenoxy) is 1. The molecule has 2 aromatic carbocycles. The number of nitrogens with two attached hydrogens (primary N) is 1. The number of hydrogen-bond donors (Lipinski definition) is 3. The minimum absolute atomic E-state index is 0.0922. The number of hydrogen-bond acceptors (Lipinski definition) is 4. The summed E-state index contributed by atoms with van der Waals surface area (Å²) < 4.78 is 6.02. The van der Waals surface area contributed by atoms with Gasteiger partial charge in [0.1, 0.15) is 5.75 Å². The van der Waals surface area contributed by atoms with Crippen molar-refractivity contribution in [3.05, 3.63) is 65.7 Å². The second-order valence-electron chi connectivity index (χ2n) is 9.44. The maximum Gasteiger partial charge on any atom is 0.237 e. The number of rotatable bonds is 13. The van der Waals surface area contributed by atoms with Gasteiger partial charge in [0, 0.05) is 6.54 Å². The van der Waals surface area contributed by atoms with Crippen molar-refractivity contribution in [2.45, 2.75) is 77.0 Å². The fourth-order valence-corrected chi connectivity index (χ4v) is 3.99. The van der Waals surface area contributed by atoms with Crippen LogP contribution in [-0.4, -0.2) is 30.5 Å². The molecule has 2 amide bonds. The van der Waals surface area contributed by atoms with Crippen molar-refractivity contribution in [1.29, 1.82) is 0 Å². The van der Waals surface area contributed by atoms with Gasteiger partial charge in [-0.1, -0.05) is 62.2 Å². The minimum atomic E-state index is -0.486. The first-order valence-electron chi connectivity index (χ1n) is 12.5. The molecule has 0 heterocycles. The Morgan fingerprint density at radius 1 is 1.00 bits per heavy atom. The highest BCUT2D eigenvalue weighted by Crippen LogP contribution is 2.31. The van der Waals surface area contributed by atoms with E-state index in [-0.39, 0.29) is 42.3 Å². The molecule has 1 fully saturated rings. The molecule has 4 unspecified atom stereocenters. The predicted octanol–water partition coefficient (Wildman–Crippen LogP) is 4.46. The van der Waals surface area contributed by atoms with Gasteiger partial charge in [0.15, 0.2) is 0 Å². The Morgan fingerprint density at radius 2 is 1.68 bits per heavy atom. The Hall–Kier alpha value is -2.86. The van der Waals surface area contributed by atoms with Crippen molar-refractivity contribution in [3.63, 3.8) is 0 Å². The molecule has 34 heavy (non-hydrogen) atoms. The molecular formula is C28H39N3O3. The van der Waals surface area contributed by atoms with Crippen LogP contribution < -0.4 is 21.1 Å². The summed E-state index contributed by atoms with van der Waals surface area (Å²) in [4.78, 5) is 25.6. The number of carbonyl (C=O) groups is 2. The summed E-state index contributed by atoms with van der Waals surface area (Å²) in [5, 5.41) is 6.07. The molecule has 0 spiro atoms. The van der Waals surface area contributed by atoms with E-state index >= 15 is 0 Å². The average Bonchev–Trinajstić information content (AvgIpc) is 3.70. The van der Waals surface area contributed by atoms with Crippen molar-refractivity contribution in [2.75, 3.05) is 6.54 Å². The van der Waals surface area contributed by atoms with Gasteiger partial charge in [-0.05, 0) is 62.3 Å². The molecular weight excluding hydrogens is 426 g/mol. The van der Waals surface area contributed by atoms with E-state index in [0.717, 1.165) is 49.0 Å². The minimum Gasteiger partial charge on any atom is -0.491 e. The molecule has 4 atom stereocenters. The molecule has 184 valence electrons. The fourth-order valence-electron chi connectivity index (χ4n) is 3.99. The van der Waals surface area contributed by atoms with Crippen LogP contribution in [0.25, 0.3) is 0 Å². The quantitative estimate of drug-likeness (QED) is 0.407. The number of benzene rings is 2. The SMILES string of the molecule is CCCCC(C)Oc1ccc(C(CNC(=O)C(N)C2CC2)NC(=O)C(C)c2ccccc2)cc1. The topological polar surface area (TPSA) is 93.4 Å². The van der Waals surface area contributed by atoms with Gasteiger partial charge in [0.2, 0.25) is 11.8 Å². The number of carbonyl (C=O) groups excluding carboxylic acids is 2. The van der Waals surface area contributed by atoms with Gasteiger partial charge in [-0.3, -0.25) is 9.59 Å². The molecule has 4 N–H and O–H groups in total. The monoisotopic (exact) mass is 465 g/mol. The predicted molar refractivity (Wildman–Crippen MR) is 136 cm³/mol. The third-order valence-corrected chi connectivity index (χ3v) is 6.51. The molecule has 0 radical (unpaired) electrons. The van der Waals surface area contributed by atoms with Crippen LogP contribution in [0.2, 0.25) is 0 Å². The standard InChI is InChI=1S/C28H39N3O3/c1-4-5-9-19(2)34-24-16-14-22(15-17-24)25(18-30-28(33)26(29)23-12-13-23)31-27(32)20(3)21-10-7-6-8-11-21/h6-8,10-11,14-17,19-20,23,25-26H,4-5,9,12-13,18,29H2,1-3H3,(H,30,33)(H,31,32). The fraction of sp³-hybridized carbons (Fsp3) is 0.500. The second kappa shape index (κ2) is 12.6. The van der Waals surface area contributed by atoms with Gasteiger partial charge in [-0.2, -0.15) is 0 Å². The van der Waals surface area contributed by atoms with E-state index in [1.807, 2.05) is 61.5 Å². The summed E-state index contributed by atoms with van der Waals surface area (Å²) in [5.41, 5.74) is 7.91. The largest absolute Gasteiger partial charge is 0.491 e. The van der Waals surface area contributed by atoms with Crippen LogP contribution in [0.5, 0.6) is 5.75 Å². The Balaban J connectivity index is 1.68. The summed E-state index contributed by atoms with van der Waals surface area (Å²) in [6, 6.07) is 16.6. The molecule has 2 aromatic rings. The zero-order chi connectivity index (χ0) is 24.5. The molecule has 1 aliphatic carbocycles. The van der Waals surface area contributed by atoms with Crippen LogP contribution >= 0.6 is 0 Å². The van der Waals surface area contributed by atoms with Gasteiger partial charge in [0.05, 0.1) is 24.1 Å². The number of unbranched alkanes of at least 4 members (excludes halogenated alkanes) is 1. The molecule has 6 heteroatoms. The lowest BCUT2D eigenvalue weighted by atomic mass is 9.99. The van der Waals surface area contributed by atoms with E-state index in [0.29, 0.717) is 0 Å². The second-order valence-corrected chi connectivity index (χ2v) is 9.44. The van der Waals surface area contributed by atoms with Crippen molar-refractivity contribution in [3.8, 4) is 5.75 Å². The molecule has 3 rings (SSSR count). The van der Waals surface area contributed by atoms with Gasteiger partial charge < -0.3 is 21.1 Å². The van der Waals surface area contributed by atoms with Crippen molar-refractivity contribution < 1.29 is 14.3 Å². The zero-order valence-electron chi connectivity index (χ0n) is 20.6. The Morgan fingerprint density at radius 3 is 2.29 bits per heavy atom. The lowest BCUT2D eigenvalue weighted by molar-refractivity contribution is -0.125. The first-order valence-corrected chi connectivity index (χ1v) is 12.5. The third kappa shape index (κ3) is 7.59. The van der Waals surface area contributed by atoms with E-state index in [1.165, 1.54) is 0 Å². The maximum atomic E-state index is 13.1. The Labute approximate surface area is 203 Å². The molecule has 6 nitrogen and oxygen atoms in total. The Kier molecular flexibility index (Phi) is 9.52. The lowest BCUT2D eigenvalue weighted by Gasteiger charge is -2.23. The van der Waals surface area contributed by atoms with E-state index in [2.05, 4.69) is 24.5 Å². The maximum absolute atomic E-state index is 13.1. The molecule has 0 aromatic heterocycles. The first kappa shape index (κ1) is 25.8. The number of nitrogens with one attached hydrogen (secondary N) is 2. The van der Waals surface area contributed by atoms with Crippen molar-refractivity contribution in [2.24, 2.45) is 11.7 Å². The smallest absolute Gasteiger partial charge is 0.237 e. The van der Waals surface area contributed by atoms with E-state index in [1.54, 1.807) is 0 Å². The van der Waals surface area contributed by atoms with Crippen LogP contribution in [0.3, 0.4) is 0 Å². The highest BCUT2D eigenvalue weighted by molar-refractivity contribution is 5.84. The van der Waals surface area contributed by atoms with Crippen LogP contribution in [0.15, 0.2) is 54.6 Å². The Bertz CT molecular complexity index is 912.